The summed E-state index contributed by atoms with van der Waals surface area (Å²) in [5.41, 5.74) is 0. The zero-order chi connectivity index (χ0) is 15.8. The quantitative estimate of drug-likeness (QED) is 0.811. The summed E-state index contributed by atoms with van der Waals surface area (Å²) in [7, 11) is 0. The molecule has 0 aliphatic rings. The van der Waals surface area contributed by atoms with E-state index in [0.29, 0.717) is 17.2 Å². The first-order valence-electron chi connectivity index (χ1n) is 6.35. The second kappa shape index (κ2) is 7.38. The molecule has 0 saturated heterocycles. The average Bonchev–Trinajstić information content (AvgIpc) is 2.55. The molecule has 0 amide bonds. The summed E-state index contributed by atoms with van der Waals surface area (Å²) >= 11 is 0. The molecule has 6 heteroatoms. The minimum absolute atomic E-state index is 0.0477. The van der Waals surface area contributed by atoms with Gasteiger partial charge >= 0.3 is 0 Å². The first-order valence-corrected chi connectivity index (χ1v) is 6.35. The number of hydrogen-bond donors (Lipinski definition) is 0. The molecule has 0 N–H and O–H groups in total. The van der Waals surface area contributed by atoms with Crippen LogP contribution < -0.4 is 14.2 Å². The highest BCUT2D eigenvalue weighted by molar-refractivity contribution is 5.91. The molecule has 0 heterocycles. The molecule has 2 aromatic carbocycles. The van der Waals surface area contributed by atoms with Crippen molar-refractivity contribution in [3.05, 3.63) is 30.3 Å². The zero-order valence-corrected chi connectivity index (χ0v) is 11.6. The monoisotopic (exact) mass is 293 g/mol. The molecule has 0 atom stereocenters. The molecule has 0 radical (unpaired) electrons. The lowest BCUT2D eigenvalue weighted by Crippen LogP contribution is -1.98. The van der Waals surface area contributed by atoms with Crippen molar-refractivity contribution in [3.8, 4) is 35.5 Å². The molecule has 0 spiro atoms. The minimum Gasteiger partial charge on any atom is -0.479 e. The van der Waals surface area contributed by atoms with Gasteiger partial charge in [0.25, 0.3) is 0 Å². The van der Waals surface area contributed by atoms with E-state index in [2.05, 4.69) is 0 Å². The number of fused-ring (bicyclic) bond motifs is 1. The Bertz CT molecular complexity index is 792. The SMILES string of the molecule is N#CCOc1ccc2c(OCC#N)cc(OCC#N)cc2c1. The van der Waals surface area contributed by atoms with Crippen LogP contribution in [0.15, 0.2) is 30.3 Å². The van der Waals surface area contributed by atoms with Gasteiger partial charge < -0.3 is 14.2 Å². The van der Waals surface area contributed by atoms with E-state index in [1.165, 1.54) is 0 Å². The molecule has 0 fully saturated rings. The summed E-state index contributed by atoms with van der Waals surface area (Å²) in [4.78, 5) is 0. The van der Waals surface area contributed by atoms with E-state index in [1.807, 2.05) is 18.2 Å². The Balaban J connectivity index is 2.44. The molecule has 0 bridgehead atoms. The van der Waals surface area contributed by atoms with Crippen LogP contribution in [0.1, 0.15) is 0 Å². The summed E-state index contributed by atoms with van der Waals surface area (Å²) in [6, 6.07) is 14.3. The van der Waals surface area contributed by atoms with Crippen molar-refractivity contribution in [2.45, 2.75) is 0 Å². The summed E-state index contributed by atoms with van der Waals surface area (Å²) in [5, 5.41) is 27.3. The fourth-order valence-corrected chi connectivity index (χ4v) is 1.92. The molecule has 108 valence electrons. The largest absolute Gasteiger partial charge is 0.479 e. The molecule has 6 nitrogen and oxygen atoms in total. The molecular weight excluding hydrogens is 282 g/mol. The zero-order valence-electron chi connectivity index (χ0n) is 11.6. The van der Waals surface area contributed by atoms with Gasteiger partial charge in [0.1, 0.15) is 35.5 Å². The van der Waals surface area contributed by atoms with Crippen molar-refractivity contribution < 1.29 is 14.2 Å². The van der Waals surface area contributed by atoms with Crippen LogP contribution in [0.25, 0.3) is 10.8 Å². The molecule has 0 aromatic heterocycles. The maximum Gasteiger partial charge on any atom is 0.174 e. The first kappa shape index (κ1) is 15.0. The van der Waals surface area contributed by atoms with Gasteiger partial charge in [-0.1, -0.05) is 0 Å². The maximum absolute atomic E-state index is 8.65. The van der Waals surface area contributed by atoms with Gasteiger partial charge in [-0.05, 0) is 29.7 Å². The predicted octanol–water partition coefficient (Wildman–Crippen LogP) is 2.55. The number of ether oxygens (including phenoxy) is 3. The molecule has 0 aliphatic heterocycles. The first-order chi connectivity index (χ1) is 10.8. The standard InChI is InChI=1S/C16H11N3O3/c17-3-6-20-13-1-2-15-12(9-13)10-14(21-7-4-18)11-16(15)22-8-5-19/h1-2,9-11H,6-8H2. The van der Waals surface area contributed by atoms with Gasteiger partial charge in [0.2, 0.25) is 0 Å². The van der Waals surface area contributed by atoms with Crippen LogP contribution in [0.4, 0.5) is 0 Å². The van der Waals surface area contributed by atoms with Gasteiger partial charge in [-0.3, -0.25) is 0 Å². The molecule has 0 saturated carbocycles. The maximum atomic E-state index is 8.65. The van der Waals surface area contributed by atoms with Gasteiger partial charge in [-0.25, -0.2) is 0 Å². The van der Waals surface area contributed by atoms with E-state index in [0.717, 1.165) is 10.8 Å². The molecule has 2 rings (SSSR count). The number of nitriles is 3. The van der Waals surface area contributed by atoms with Crippen LogP contribution in [0.2, 0.25) is 0 Å². The van der Waals surface area contributed by atoms with E-state index >= 15 is 0 Å². The smallest absolute Gasteiger partial charge is 0.174 e. The second-order valence-electron chi connectivity index (χ2n) is 4.14. The topological polar surface area (TPSA) is 99.1 Å². The van der Waals surface area contributed by atoms with Crippen LogP contribution in [-0.4, -0.2) is 19.8 Å². The van der Waals surface area contributed by atoms with E-state index < -0.39 is 0 Å². The summed E-state index contributed by atoms with van der Waals surface area (Å²) in [6.45, 7) is -0.231. The normalized spacial score (nSPS) is 9.32. The Morgan fingerprint density at radius 3 is 2.00 bits per heavy atom. The van der Waals surface area contributed by atoms with Gasteiger partial charge in [0.15, 0.2) is 19.8 Å². The van der Waals surface area contributed by atoms with E-state index in [1.54, 1.807) is 30.3 Å². The van der Waals surface area contributed by atoms with Crippen LogP contribution in [0.5, 0.6) is 17.2 Å². The third-order valence-electron chi connectivity index (χ3n) is 2.76. The molecule has 22 heavy (non-hydrogen) atoms. The number of hydrogen-bond acceptors (Lipinski definition) is 6. The Kier molecular flexibility index (Phi) is 5.02. The molecule has 0 unspecified atom stereocenters. The summed E-state index contributed by atoms with van der Waals surface area (Å²) in [5.74, 6) is 1.48. The van der Waals surface area contributed by atoms with Crippen molar-refractivity contribution in [2.75, 3.05) is 19.8 Å². The lowest BCUT2D eigenvalue weighted by Gasteiger charge is -2.11. The lowest BCUT2D eigenvalue weighted by molar-refractivity contribution is 0.352. The van der Waals surface area contributed by atoms with Crippen molar-refractivity contribution in [2.24, 2.45) is 0 Å². The van der Waals surface area contributed by atoms with Crippen molar-refractivity contribution in [1.29, 1.82) is 15.8 Å². The van der Waals surface area contributed by atoms with Crippen molar-refractivity contribution in [1.82, 2.24) is 0 Å². The number of rotatable bonds is 6. The third kappa shape index (κ3) is 3.56. The third-order valence-corrected chi connectivity index (χ3v) is 2.76. The lowest BCUT2D eigenvalue weighted by atomic mass is 10.1. The van der Waals surface area contributed by atoms with Gasteiger partial charge in [0.05, 0.1) is 0 Å². The van der Waals surface area contributed by atoms with E-state index in [4.69, 9.17) is 30.0 Å². The van der Waals surface area contributed by atoms with Crippen LogP contribution in [0, 0.1) is 34.0 Å². The van der Waals surface area contributed by atoms with Crippen molar-refractivity contribution >= 4 is 10.8 Å². The number of benzene rings is 2. The van der Waals surface area contributed by atoms with E-state index in [-0.39, 0.29) is 19.8 Å². The molecular formula is C16H11N3O3. The molecule has 2 aromatic rings. The predicted molar refractivity (Wildman–Crippen MR) is 77.3 cm³/mol. The highest BCUT2D eigenvalue weighted by Crippen LogP contribution is 2.33. The Morgan fingerprint density at radius 1 is 0.727 bits per heavy atom. The van der Waals surface area contributed by atoms with Gasteiger partial charge in [-0.15, -0.1) is 0 Å². The van der Waals surface area contributed by atoms with Gasteiger partial charge in [0, 0.05) is 11.5 Å². The number of nitrogens with zero attached hydrogens (tertiary/aromatic N) is 3. The molecule has 0 aliphatic carbocycles. The Hall–Kier alpha value is -3.43. The summed E-state index contributed by atoms with van der Waals surface area (Å²) < 4.78 is 15.9. The van der Waals surface area contributed by atoms with Crippen LogP contribution >= 0.6 is 0 Å². The van der Waals surface area contributed by atoms with E-state index in [9.17, 15) is 0 Å². The Morgan fingerprint density at radius 2 is 1.32 bits per heavy atom. The Labute approximate surface area is 127 Å². The highest BCUT2D eigenvalue weighted by atomic mass is 16.5. The average molecular weight is 293 g/mol. The van der Waals surface area contributed by atoms with Crippen LogP contribution in [-0.2, 0) is 0 Å². The summed E-state index contributed by atoms with van der Waals surface area (Å²) in [6.07, 6.45) is 0. The fraction of sp³-hybridized carbons (Fsp3) is 0.188. The fourth-order valence-electron chi connectivity index (χ4n) is 1.92. The second-order valence-corrected chi connectivity index (χ2v) is 4.14. The highest BCUT2D eigenvalue weighted by Gasteiger charge is 2.08. The van der Waals surface area contributed by atoms with Crippen LogP contribution in [0.3, 0.4) is 0 Å². The minimum atomic E-state index is -0.0938. The van der Waals surface area contributed by atoms with Crippen molar-refractivity contribution in [3.63, 3.8) is 0 Å². The van der Waals surface area contributed by atoms with Gasteiger partial charge in [-0.2, -0.15) is 15.8 Å².